The molecule has 0 saturated heterocycles. The number of carbonyl (C=O) groups excluding carboxylic acids is 1. The van der Waals surface area contributed by atoms with Gasteiger partial charge in [-0.2, -0.15) is 0 Å². The smallest absolute Gasteiger partial charge is 0.308 e. The summed E-state index contributed by atoms with van der Waals surface area (Å²) in [5, 5.41) is 0. The molecule has 0 amide bonds. The maximum Gasteiger partial charge on any atom is 0.308 e. The Kier molecular flexibility index (Phi) is 7.48. The van der Waals surface area contributed by atoms with Crippen molar-refractivity contribution in [3.05, 3.63) is 12.2 Å². The number of esters is 1. The van der Waals surface area contributed by atoms with Crippen molar-refractivity contribution < 1.29 is 9.53 Å². The normalized spacial score (nSPS) is 33.0. The Labute approximate surface area is 136 Å². The molecule has 2 heteroatoms. The topological polar surface area (TPSA) is 26.3 Å². The van der Waals surface area contributed by atoms with Gasteiger partial charge < -0.3 is 4.74 Å². The highest BCUT2D eigenvalue weighted by atomic mass is 16.5. The molecule has 0 aliphatic heterocycles. The molecule has 0 radical (unpaired) electrons. The molecule has 2 nitrogen and oxygen atoms in total. The first-order valence-corrected chi connectivity index (χ1v) is 9.52. The van der Waals surface area contributed by atoms with Gasteiger partial charge in [-0.15, -0.1) is 0 Å². The molecule has 0 heterocycles. The highest BCUT2D eigenvalue weighted by Gasteiger charge is 2.33. The molecule has 0 N–H and O–H groups in total. The van der Waals surface area contributed by atoms with E-state index < -0.39 is 0 Å². The van der Waals surface area contributed by atoms with E-state index in [0.29, 0.717) is 6.61 Å². The summed E-state index contributed by atoms with van der Waals surface area (Å²) in [5.74, 6) is 3.01. The standard InChI is InChI=1S/C20H34O2/c1-3-5-6-7-16-8-10-17(11-9-16)18-12-14-19(15-13-18)20(21)22-4-2/h3,5,16-19H,4,6-15H2,1-2H3/b5-3+/t16?,17?,18-,19-. The van der Waals surface area contributed by atoms with Crippen LogP contribution in [0, 0.1) is 23.7 Å². The molecule has 0 aromatic rings. The van der Waals surface area contributed by atoms with E-state index in [-0.39, 0.29) is 11.9 Å². The number of carbonyl (C=O) groups is 1. The van der Waals surface area contributed by atoms with Gasteiger partial charge in [0.2, 0.25) is 0 Å². The predicted octanol–water partition coefficient (Wildman–Crippen LogP) is 5.52. The van der Waals surface area contributed by atoms with Crippen LogP contribution in [0.5, 0.6) is 0 Å². The zero-order chi connectivity index (χ0) is 15.8. The maximum absolute atomic E-state index is 11.8. The Morgan fingerprint density at radius 1 is 1.00 bits per heavy atom. The Bertz CT molecular complexity index is 345. The van der Waals surface area contributed by atoms with E-state index in [2.05, 4.69) is 19.1 Å². The van der Waals surface area contributed by atoms with Crippen LogP contribution >= 0.6 is 0 Å². The third-order valence-corrected chi connectivity index (χ3v) is 5.93. The summed E-state index contributed by atoms with van der Waals surface area (Å²) in [5.41, 5.74) is 0. The summed E-state index contributed by atoms with van der Waals surface area (Å²) in [7, 11) is 0. The summed E-state index contributed by atoms with van der Waals surface area (Å²) in [6.07, 6.45) is 17.5. The minimum absolute atomic E-state index is 0.0497. The van der Waals surface area contributed by atoms with Gasteiger partial charge >= 0.3 is 5.97 Å². The molecular formula is C20H34O2. The largest absolute Gasteiger partial charge is 0.466 e. The molecule has 0 atom stereocenters. The molecule has 2 aliphatic rings. The van der Waals surface area contributed by atoms with Gasteiger partial charge in [-0.25, -0.2) is 0 Å². The SMILES string of the molecule is C/C=C/CCC1CCC([C@H]2CC[C@H](C(=O)OCC)CC2)CC1. The van der Waals surface area contributed by atoms with Crippen molar-refractivity contribution in [2.75, 3.05) is 6.61 Å². The molecule has 0 spiro atoms. The van der Waals surface area contributed by atoms with E-state index in [4.69, 9.17) is 4.74 Å². The van der Waals surface area contributed by atoms with Gasteiger partial charge in [0.05, 0.1) is 12.5 Å². The van der Waals surface area contributed by atoms with Crippen LogP contribution in [0.2, 0.25) is 0 Å². The first-order valence-electron chi connectivity index (χ1n) is 9.52. The fourth-order valence-corrected chi connectivity index (χ4v) is 4.53. The summed E-state index contributed by atoms with van der Waals surface area (Å²) in [6.45, 7) is 4.54. The molecule has 0 aromatic heterocycles. The molecule has 2 fully saturated rings. The quantitative estimate of drug-likeness (QED) is 0.477. The van der Waals surface area contributed by atoms with Gasteiger partial charge in [0.25, 0.3) is 0 Å². The van der Waals surface area contributed by atoms with Crippen LogP contribution in [0.1, 0.15) is 78.1 Å². The Balaban J connectivity index is 1.67. The van der Waals surface area contributed by atoms with Crippen LogP contribution in [0.3, 0.4) is 0 Å². The Hall–Kier alpha value is -0.790. The van der Waals surface area contributed by atoms with Crippen molar-refractivity contribution in [1.82, 2.24) is 0 Å². The average Bonchev–Trinajstić information content (AvgIpc) is 2.56. The van der Waals surface area contributed by atoms with E-state index in [9.17, 15) is 4.79 Å². The van der Waals surface area contributed by atoms with Crippen LogP contribution in [-0.4, -0.2) is 12.6 Å². The lowest BCUT2D eigenvalue weighted by atomic mass is 9.68. The van der Waals surface area contributed by atoms with Crippen LogP contribution in [0.15, 0.2) is 12.2 Å². The number of hydrogen-bond donors (Lipinski definition) is 0. The van der Waals surface area contributed by atoms with Crippen molar-refractivity contribution in [2.24, 2.45) is 23.7 Å². The van der Waals surface area contributed by atoms with E-state index >= 15 is 0 Å². The minimum Gasteiger partial charge on any atom is -0.466 e. The van der Waals surface area contributed by atoms with Gasteiger partial charge in [-0.1, -0.05) is 25.0 Å². The number of ether oxygens (including phenoxy) is 1. The van der Waals surface area contributed by atoms with E-state index in [1.165, 1.54) is 51.4 Å². The van der Waals surface area contributed by atoms with Crippen molar-refractivity contribution in [2.45, 2.75) is 78.1 Å². The zero-order valence-corrected chi connectivity index (χ0v) is 14.6. The van der Waals surface area contributed by atoms with Crippen molar-refractivity contribution >= 4 is 5.97 Å². The second kappa shape index (κ2) is 9.37. The molecule has 0 aromatic carbocycles. The monoisotopic (exact) mass is 306 g/mol. The molecule has 0 bridgehead atoms. The van der Waals surface area contributed by atoms with Crippen molar-refractivity contribution in [3.8, 4) is 0 Å². The average molecular weight is 306 g/mol. The van der Waals surface area contributed by atoms with E-state index in [1.54, 1.807) is 0 Å². The summed E-state index contributed by atoms with van der Waals surface area (Å²) in [4.78, 5) is 11.8. The number of rotatable bonds is 6. The fourth-order valence-electron chi connectivity index (χ4n) is 4.53. The van der Waals surface area contributed by atoms with E-state index in [1.807, 2.05) is 6.92 Å². The molecule has 2 aliphatic carbocycles. The summed E-state index contributed by atoms with van der Waals surface area (Å²) < 4.78 is 5.18. The van der Waals surface area contributed by atoms with Gasteiger partial charge in [0.15, 0.2) is 0 Å². The predicted molar refractivity (Wildman–Crippen MR) is 91.6 cm³/mol. The van der Waals surface area contributed by atoms with Crippen LogP contribution in [0.25, 0.3) is 0 Å². The van der Waals surface area contributed by atoms with Gasteiger partial charge in [0, 0.05) is 0 Å². The fraction of sp³-hybridized carbons (Fsp3) is 0.850. The summed E-state index contributed by atoms with van der Waals surface area (Å²) in [6, 6.07) is 0. The molecule has 2 saturated carbocycles. The highest BCUT2D eigenvalue weighted by molar-refractivity contribution is 5.72. The Morgan fingerprint density at radius 2 is 1.59 bits per heavy atom. The lowest BCUT2D eigenvalue weighted by molar-refractivity contribution is -0.149. The maximum atomic E-state index is 11.8. The van der Waals surface area contributed by atoms with E-state index in [0.717, 1.165) is 30.6 Å². The second-order valence-corrected chi connectivity index (χ2v) is 7.29. The molecular weight excluding hydrogens is 272 g/mol. The van der Waals surface area contributed by atoms with Crippen molar-refractivity contribution in [1.29, 1.82) is 0 Å². The second-order valence-electron chi connectivity index (χ2n) is 7.29. The first-order chi connectivity index (χ1) is 10.7. The molecule has 2 rings (SSSR count). The highest BCUT2D eigenvalue weighted by Crippen LogP contribution is 2.42. The first kappa shape index (κ1) is 17.6. The van der Waals surface area contributed by atoms with Crippen LogP contribution in [-0.2, 0) is 9.53 Å². The van der Waals surface area contributed by atoms with Gasteiger partial charge in [0.1, 0.15) is 0 Å². The third-order valence-electron chi connectivity index (χ3n) is 5.93. The van der Waals surface area contributed by atoms with Gasteiger partial charge in [-0.3, -0.25) is 4.79 Å². The third kappa shape index (κ3) is 5.14. The van der Waals surface area contributed by atoms with Crippen LogP contribution in [0.4, 0.5) is 0 Å². The molecule has 126 valence electrons. The molecule has 22 heavy (non-hydrogen) atoms. The lowest BCUT2D eigenvalue weighted by Crippen LogP contribution is -2.29. The Morgan fingerprint density at radius 3 is 2.14 bits per heavy atom. The zero-order valence-electron chi connectivity index (χ0n) is 14.6. The molecule has 0 unspecified atom stereocenters. The van der Waals surface area contributed by atoms with Gasteiger partial charge in [-0.05, 0) is 83.0 Å². The summed E-state index contributed by atoms with van der Waals surface area (Å²) >= 11 is 0. The number of allylic oxidation sites excluding steroid dienone is 2. The minimum atomic E-state index is 0.0497. The lowest BCUT2D eigenvalue weighted by Gasteiger charge is -2.37. The van der Waals surface area contributed by atoms with Crippen molar-refractivity contribution in [3.63, 3.8) is 0 Å². The number of hydrogen-bond acceptors (Lipinski definition) is 2. The van der Waals surface area contributed by atoms with Crippen LogP contribution < -0.4 is 0 Å².